The normalized spacial score (nSPS) is 15.6. The first kappa shape index (κ1) is 13.2. The Labute approximate surface area is 129 Å². The largest absolute Gasteiger partial charge is 0.508 e. The van der Waals surface area contributed by atoms with Crippen molar-refractivity contribution in [2.75, 3.05) is 0 Å². The lowest BCUT2D eigenvalue weighted by Crippen LogP contribution is -2.29. The molecule has 4 rings (SSSR count). The number of hydrogen-bond donors (Lipinski definition) is 1. The quantitative estimate of drug-likeness (QED) is 0.647. The molecule has 0 unspecified atom stereocenters. The fraction of sp³-hybridized carbons (Fsp3) is 0.167. The van der Waals surface area contributed by atoms with Gasteiger partial charge in [0.1, 0.15) is 24.9 Å². The lowest BCUT2D eigenvalue weighted by atomic mass is 9.71. The molecule has 1 heterocycles. The molecule has 0 aliphatic heterocycles. The van der Waals surface area contributed by atoms with Crippen LogP contribution in [0.15, 0.2) is 40.8 Å². The molecule has 0 atom stereocenters. The van der Waals surface area contributed by atoms with E-state index in [4.69, 9.17) is 12.3 Å². The Morgan fingerprint density at radius 3 is 2.68 bits per heavy atom. The van der Waals surface area contributed by atoms with Gasteiger partial charge in [0.2, 0.25) is 0 Å². The van der Waals surface area contributed by atoms with E-state index in [9.17, 15) is 9.90 Å². The van der Waals surface area contributed by atoms with Gasteiger partial charge in [-0.3, -0.25) is 4.79 Å². The van der Waals surface area contributed by atoms with E-state index in [1.54, 1.807) is 24.3 Å². The molecule has 1 N–H and O–H groups in total. The van der Waals surface area contributed by atoms with Crippen molar-refractivity contribution < 1.29 is 14.3 Å². The summed E-state index contributed by atoms with van der Waals surface area (Å²) >= 11 is 0. The number of carbonyl (C=O) groups is 1. The minimum Gasteiger partial charge on any atom is -0.508 e. The zero-order valence-electron chi connectivity index (χ0n) is 12.3. The van der Waals surface area contributed by atoms with Gasteiger partial charge in [-0.05, 0) is 43.7 Å². The third-order valence-corrected chi connectivity index (χ3v) is 4.43. The van der Waals surface area contributed by atoms with Gasteiger partial charge in [-0.15, -0.1) is 0 Å². The molecule has 4 heteroatoms. The summed E-state index contributed by atoms with van der Waals surface area (Å²) in [5.74, 6) is 0.687. The van der Waals surface area contributed by atoms with Crippen molar-refractivity contribution in [2.45, 2.75) is 19.3 Å². The SMILES string of the molecule is [B]c1ccc2c3c(oc2c1)C(C)(C)c1cc(O)ccc1C3=O. The van der Waals surface area contributed by atoms with Gasteiger partial charge in [-0.25, -0.2) is 0 Å². The molecule has 0 saturated heterocycles. The van der Waals surface area contributed by atoms with Crippen LogP contribution in [0, 0.1) is 0 Å². The number of hydrogen-bond acceptors (Lipinski definition) is 3. The van der Waals surface area contributed by atoms with E-state index in [1.807, 2.05) is 19.9 Å². The summed E-state index contributed by atoms with van der Waals surface area (Å²) in [6.07, 6.45) is 0. The van der Waals surface area contributed by atoms with Crippen molar-refractivity contribution in [3.05, 3.63) is 58.8 Å². The zero-order valence-corrected chi connectivity index (χ0v) is 12.3. The Kier molecular flexibility index (Phi) is 2.42. The maximum atomic E-state index is 12.9. The first-order chi connectivity index (χ1) is 10.4. The number of rotatable bonds is 0. The maximum Gasteiger partial charge on any atom is 0.197 e. The molecule has 0 saturated carbocycles. The molecule has 1 aromatic heterocycles. The van der Waals surface area contributed by atoms with Gasteiger partial charge in [0.25, 0.3) is 0 Å². The second-order valence-electron chi connectivity index (χ2n) is 6.25. The van der Waals surface area contributed by atoms with Crippen LogP contribution < -0.4 is 5.46 Å². The fourth-order valence-electron chi connectivity index (χ4n) is 3.28. The molecule has 106 valence electrons. The van der Waals surface area contributed by atoms with E-state index in [0.717, 1.165) is 10.9 Å². The molecule has 22 heavy (non-hydrogen) atoms. The Hall–Kier alpha value is -2.49. The Balaban J connectivity index is 2.12. The molecule has 0 bridgehead atoms. The summed E-state index contributed by atoms with van der Waals surface area (Å²) in [6, 6.07) is 10.2. The molecule has 1 aliphatic rings. The van der Waals surface area contributed by atoms with Crippen LogP contribution in [0.4, 0.5) is 0 Å². The van der Waals surface area contributed by atoms with Gasteiger partial charge in [-0.1, -0.05) is 17.6 Å². The Morgan fingerprint density at radius 2 is 1.91 bits per heavy atom. The van der Waals surface area contributed by atoms with Crippen LogP contribution in [0.3, 0.4) is 0 Å². The predicted molar refractivity (Wildman–Crippen MR) is 85.3 cm³/mol. The van der Waals surface area contributed by atoms with E-state index in [1.165, 1.54) is 6.07 Å². The fourth-order valence-corrected chi connectivity index (χ4v) is 3.28. The van der Waals surface area contributed by atoms with Gasteiger partial charge in [0, 0.05) is 16.4 Å². The van der Waals surface area contributed by atoms with Crippen LogP contribution in [0.1, 0.15) is 41.1 Å². The standard InChI is InChI=1S/C18H13BO3/c1-18(2)13-8-10(20)4-6-11(13)16(21)15-12-5-3-9(19)7-14(12)22-17(15)18/h3-8,20H,1-2H3. The number of aromatic hydroxyl groups is 1. The molecule has 0 fully saturated rings. The van der Waals surface area contributed by atoms with Crippen LogP contribution in [-0.2, 0) is 5.41 Å². The highest BCUT2D eigenvalue weighted by molar-refractivity contribution is 6.33. The second kappa shape index (κ2) is 4.04. The number of phenols is 1. The van der Waals surface area contributed by atoms with Crippen LogP contribution in [-0.4, -0.2) is 18.7 Å². The van der Waals surface area contributed by atoms with E-state index >= 15 is 0 Å². The van der Waals surface area contributed by atoms with Crippen molar-refractivity contribution >= 4 is 30.1 Å². The van der Waals surface area contributed by atoms with Gasteiger partial charge >= 0.3 is 0 Å². The first-order valence-electron chi connectivity index (χ1n) is 7.10. The average molecular weight is 288 g/mol. The molecule has 3 nitrogen and oxygen atoms in total. The number of carbonyl (C=O) groups excluding carboxylic acids is 1. The zero-order chi connectivity index (χ0) is 15.6. The molecular weight excluding hydrogens is 275 g/mol. The Morgan fingerprint density at radius 1 is 1.14 bits per heavy atom. The highest BCUT2D eigenvalue weighted by Gasteiger charge is 2.41. The van der Waals surface area contributed by atoms with Crippen LogP contribution in [0.2, 0.25) is 0 Å². The highest BCUT2D eigenvalue weighted by Crippen LogP contribution is 2.45. The van der Waals surface area contributed by atoms with Crippen LogP contribution >= 0.6 is 0 Å². The number of benzene rings is 2. The van der Waals surface area contributed by atoms with Gasteiger partial charge < -0.3 is 9.52 Å². The molecule has 2 radical (unpaired) electrons. The summed E-state index contributed by atoms with van der Waals surface area (Å²) in [6.45, 7) is 3.98. The monoisotopic (exact) mass is 288 g/mol. The van der Waals surface area contributed by atoms with Crippen molar-refractivity contribution in [3.8, 4) is 5.75 Å². The third kappa shape index (κ3) is 1.55. The first-order valence-corrected chi connectivity index (χ1v) is 7.10. The second-order valence-corrected chi connectivity index (χ2v) is 6.25. The molecular formula is C18H13BO3. The number of ketones is 1. The van der Waals surface area contributed by atoms with E-state index in [-0.39, 0.29) is 11.5 Å². The van der Waals surface area contributed by atoms with E-state index in [0.29, 0.717) is 27.9 Å². The summed E-state index contributed by atoms with van der Waals surface area (Å²) < 4.78 is 5.97. The average Bonchev–Trinajstić information content (AvgIpc) is 2.84. The number of furan rings is 1. The van der Waals surface area contributed by atoms with Gasteiger partial charge in [0.05, 0.1) is 5.56 Å². The summed E-state index contributed by atoms with van der Waals surface area (Å²) in [5, 5.41) is 10.6. The molecule has 0 amide bonds. The van der Waals surface area contributed by atoms with Crippen molar-refractivity contribution in [2.24, 2.45) is 0 Å². The van der Waals surface area contributed by atoms with Crippen LogP contribution in [0.5, 0.6) is 5.75 Å². The van der Waals surface area contributed by atoms with Crippen molar-refractivity contribution in [1.82, 2.24) is 0 Å². The summed E-state index contributed by atoms with van der Waals surface area (Å²) in [7, 11) is 5.81. The lowest BCUT2D eigenvalue weighted by Gasteiger charge is -2.30. The van der Waals surface area contributed by atoms with E-state index in [2.05, 4.69) is 0 Å². The van der Waals surface area contributed by atoms with Gasteiger partial charge in [-0.2, -0.15) is 0 Å². The molecule has 2 aromatic carbocycles. The topological polar surface area (TPSA) is 50.4 Å². The lowest BCUT2D eigenvalue weighted by molar-refractivity contribution is 0.102. The Bertz CT molecular complexity index is 950. The van der Waals surface area contributed by atoms with Crippen LogP contribution in [0.25, 0.3) is 11.0 Å². The summed E-state index contributed by atoms with van der Waals surface area (Å²) in [5.41, 5.74) is 2.68. The molecule has 1 aliphatic carbocycles. The number of phenolic OH excluding ortho intramolecular Hbond substituents is 1. The summed E-state index contributed by atoms with van der Waals surface area (Å²) in [4.78, 5) is 12.9. The minimum absolute atomic E-state index is 0.0761. The highest BCUT2D eigenvalue weighted by atomic mass is 16.3. The van der Waals surface area contributed by atoms with E-state index < -0.39 is 5.41 Å². The molecule has 3 aromatic rings. The minimum atomic E-state index is -0.509. The maximum absolute atomic E-state index is 12.9. The smallest absolute Gasteiger partial charge is 0.197 e. The predicted octanol–water partition coefficient (Wildman–Crippen LogP) is 2.80. The number of fused-ring (bicyclic) bond motifs is 4. The third-order valence-electron chi connectivity index (χ3n) is 4.43. The molecule has 0 spiro atoms. The van der Waals surface area contributed by atoms with Crippen molar-refractivity contribution in [1.29, 1.82) is 0 Å². The van der Waals surface area contributed by atoms with Crippen molar-refractivity contribution in [3.63, 3.8) is 0 Å². The van der Waals surface area contributed by atoms with Gasteiger partial charge in [0.15, 0.2) is 5.78 Å².